The fourth-order valence-electron chi connectivity index (χ4n) is 2.72. The lowest BCUT2D eigenvalue weighted by Gasteiger charge is -2.11. The van der Waals surface area contributed by atoms with Crippen molar-refractivity contribution >= 4 is 23.1 Å². The number of imidazole rings is 1. The van der Waals surface area contributed by atoms with Gasteiger partial charge in [-0.3, -0.25) is 14.4 Å². The minimum absolute atomic E-state index is 0.414. The maximum absolute atomic E-state index is 12.1. The quantitative estimate of drug-likeness (QED) is 0.572. The van der Waals surface area contributed by atoms with E-state index in [1.54, 1.807) is 36.9 Å². The fraction of sp³-hybridized carbons (Fsp3) is 0.0526. The summed E-state index contributed by atoms with van der Waals surface area (Å²) in [6.07, 6.45) is 6.86. The van der Waals surface area contributed by atoms with E-state index >= 15 is 0 Å². The van der Waals surface area contributed by atoms with Gasteiger partial charge in [-0.1, -0.05) is 18.2 Å². The Bertz CT molecular complexity index is 1080. The Morgan fingerprint density at radius 3 is 2.77 bits per heavy atom. The minimum atomic E-state index is -0.414. The van der Waals surface area contributed by atoms with Crippen LogP contribution in [-0.4, -0.2) is 32.4 Å². The van der Waals surface area contributed by atoms with E-state index in [0.29, 0.717) is 34.1 Å². The average molecular weight is 345 g/mol. The summed E-state index contributed by atoms with van der Waals surface area (Å²) in [5.74, 6) is 0.278. The molecule has 0 amide bonds. The van der Waals surface area contributed by atoms with Gasteiger partial charge >= 0.3 is 5.97 Å². The van der Waals surface area contributed by atoms with Gasteiger partial charge < -0.3 is 10.1 Å². The van der Waals surface area contributed by atoms with Gasteiger partial charge in [-0.15, -0.1) is 0 Å². The van der Waals surface area contributed by atoms with E-state index in [2.05, 4.69) is 20.3 Å². The number of nitrogens with zero attached hydrogens (tertiary/aromatic N) is 4. The molecule has 26 heavy (non-hydrogen) atoms. The molecule has 4 rings (SSSR count). The molecule has 0 spiro atoms. The van der Waals surface area contributed by atoms with Crippen molar-refractivity contribution in [2.45, 2.75) is 0 Å². The summed E-state index contributed by atoms with van der Waals surface area (Å²) in [7, 11) is 1.36. The Kier molecular flexibility index (Phi) is 4.03. The zero-order valence-corrected chi connectivity index (χ0v) is 14.0. The predicted octanol–water partition coefficient (Wildman–Crippen LogP) is 3.32. The van der Waals surface area contributed by atoms with Gasteiger partial charge in [0.1, 0.15) is 11.5 Å². The number of benzene rings is 1. The third-order valence-electron chi connectivity index (χ3n) is 3.92. The second kappa shape index (κ2) is 6.64. The summed E-state index contributed by atoms with van der Waals surface area (Å²) in [5, 5.41) is 3.31. The van der Waals surface area contributed by atoms with E-state index in [1.807, 2.05) is 34.7 Å². The molecule has 0 saturated carbocycles. The molecule has 0 fully saturated rings. The van der Waals surface area contributed by atoms with E-state index in [-0.39, 0.29) is 0 Å². The second-order valence-corrected chi connectivity index (χ2v) is 5.49. The highest BCUT2D eigenvalue weighted by molar-refractivity contribution is 5.97. The number of aromatic nitrogens is 4. The van der Waals surface area contributed by atoms with Gasteiger partial charge in [0, 0.05) is 18.6 Å². The smallest absolute Gasteiger partial charge is 0.339 e. The van der Waals surface area contributed by atoms with Crippen molar-refractivity contribution in [2.24, 2.45) is 0 Å². The summed E-state index contributed by atoms with van der Waals surface area (Å²) in [6.45, 7) is 0. The predicted molar refractivity (Wildman–Crippen MR) is 97.3 cm³/mol. The van der Waals surface area contributed by atoms with Gasteiger partial charge in [0.2, 0.25) is 0 Å². The molecule has 0 atom stereocenters. The number of nitrogens with one attached hydrogen (secondary N) is 1. The number of carbonyl (C=O) groups excluding carboxylic acids is 1. The van der Waals surface area contributed by atoms with Crippen LogP contribution < -0.4 is 5.32 Å². The highest BCUT2D eigenvalue weighted by atomic mass is 16.5. The van der Waals surface area contributed by atoms with E-state index in [9.17, 15) is 4.79 Å². The number of esters is 1. The lowest BCUT2D eigenvalue weighted by Crippen LogP contribution is -2.06. The fourth-order valence-corrected chi connectivity index (χ4v) is 2.72. The van der Waals surface area contributed by atoms with Crippen LogP contribution >= 0.6 is 0 Å². The third kappa shape index (κ3) is 2.75. The highest BCUT2D eigenvalue weighted by Crippen LogP contribution is 2.30. The van der Waals surface area contributed by atoms with Crippen LogP contribution in [0.4, 0.5) is 11.5 Å². The molecule has 0 saturated heterocycles. The van der Waals surface area contributed by atoms with E-state index in [4.69, 9.17) is 4.74 Å². The van der Waals surface area contributed by atoms with Crippen molar-refractivity contribution in [1.82, 2.24) is 19.4 Å². The van der Waals surface area contributed by atoms with Crippen LogP contribution in [0.5, 0.6) is 0 Å². The van der Waals surface area contributed by atoms with Gasteiger partial charge in [0.15, 0.2) is 5.65 Å². The average Bonchev–Trinajstić information content (AvgIpc) is 3.07. The first-order valence-electron chi connectivity index (χ1n) is 7.96. The van der Waals surface area contributed by atoms with Crippen LogP contribution in [0, 0.1) is 0 Å². The number of para-hydroxylation sites is 1. The lowest BCUT2D eigenvalue weighted by molar-refractivity contribution is 0.0602. The Balaban J connectivity index is 1.88. The molecule has 1 aromatic carbocycles. The number of ether oxygens (including phenoxy) is 1. The first kappa shape index (κ1) is 15.8. The topological polar surface area (TPSA) is 81.4 Å². The molecule has 1 N–H and O–H groups in total. The molecule has 128 valence electrons. The van der Waals surface area contributed by atoms with Gasteiger partial charge in [-0.25, -0.2) is 9.78 Å². The van der Waals surface area contributed by atoms with Crippen molar-refractivity contribution in [3.05, 3.63) is 72.8 Å². The highest BCUT2D eigenvalue weighted by Gasteiger charge is 2.18. The van der Waals surface area contributed by atoms with Crippen molar-refractivity contribution in [1.29, 1.82) is 0 Å². The van der Waals surface area contributed by atoms with Gasteiger partial charge in [0.25, 0.3) is 0 Å². The van der Waals surface area contributed by atoms with E-state index in [1.165, 1.54) is 7.11 Å². The monoisotopic (exact) mass is 345 g/mol. The van der Waals surface area contributed by atoms with Crippen molar-refractivity contribution in [2.75, 3.05) is 12.4 Å². The summed E-state index contributed by atoms with van der Waals surface area (Å²) >= 11 is 0. The molecule has 0 aliphatic rings. The van der Waals surface area contributed by atoms with Crippen LogP contribution in [0.25, 0.3) is 17.0 Å². The molecule has 4 aromatic rings. The van der Waals surface area contributed by atoms with Crippen LogP contribution in [0.3, 0.4) is 0 Å². The third-order valence-corrected chi connectivity index (χ3v) is 3.92. The number of pyridine rings is 1. The van der Waals surface area contributed by atoms with E-state index < -0.39 is 5.97 Å². The number of fused-ring (bicyclic) bond motifs is 1. The minimum Gasteiger partial charge on any atom is -0.465 e. The van der Waals surface area contributed by atoms with Crippen LogP contribution in [0.2, 0.25) is 0 Å². The molecule has 0 unspecified atom stereocenters. The summed E-state index contributed by atoms with van der Waals surface area (Å²) < 4.78 is 6.74. The van der Waals surface area contributed by atoms with Crippen LogP contribution in [0.15, 0.2) is 67.3 Å². The Hall–Kier alpha value is -3.74. The molecule has 0 aliphatic heterocycles. The molecule has 0 radical (unpaired) electrons. The lowest BCUT2D eigenvalue weighted by atomic mass is 10.1. The summed E-state index contributed by atoms with van der Waals surface area (Å²) in [6, 6.07) is 12.8. The van der Waals surface area contributed by atoms with Gasteiger partial charge in [0.05, 0.1) is 30.3 Å². The summed E-state index contributed by atoms with van der Waals surface area (Å²) in [4.78, 5) is 25.2. The van der Waals surface area contributed by atoms with Crippen LogP contribution in [0.1, 0.15) is 10.4 Å². The van der Waals surface area contributed by atoms with Crippen LogP contribution in [-0.2, 0) is 4.74 Å². The zero-order chi connectivity index (χ0) is 17.9. The number of rotatable bonds is 4. The van der Waals surface area contributed by atoms with Crippen molar-refractivity contribution in [3.63, 3.8) is 0 Å². The van der Waals surface area contributed by atoms with Crippen molar-refractivity contribution < 1.29 is 9.53 Å². The van der Waals surface area contributed by atoms with E-state index in [0.717, 1.165) is 0 Å². The summed E-state index contributed by atoms with van der Waals surface area (Å²) in [5.41, 5.74) is 3.11. The Labute approximate surface area is 149 Å². The van der Waals surface area contributed by atoms with Gasteiger partial charge in [-0.2, -0.15) is 0 Å². The first-order chi connectivity index (χ1) is 12.8. The number of hydrogen-bond acceptors (Lipinski definition) is 6. The zero-order valence-electron chi connectivity index (χ0n) is 14.0. The Morgan fingerprint density at radius 1 is 1.12 bits per heavy atom. The molecule has 7 nitrogen and oxygen atoms in total. The normalized spacial score (nSPS) is 10.7. The molecule has 0 bridgehead atoms. The Morgan fingerprint density at radius 2 is 1.96 bits per heavy atom. The first-order valence-corrected chi connectivity index (χ1v) is 7.96. The number of hydrogen-bond donors (Lipinski definition) is 1. The second-order valence-electron chi connectivity index (χ2n) is 5.49. The number of methoxy groups -OCH3 is 1. The van der Waals surface area contributed by atoms with Gasteiger partial charge in [-0.05, 0) is 24.3 Å². The van der Waals surface area contributed by atoms with Crippen molar-refractivity contribution in [3.8, 4) is 11.4 Å². The maximum Gasteiger partial charge on any atom is 0.339 e. The molecule has 0 aliphatic carbocycles. The molecular formula is C19H15N5O2. The number of anilines is 2. The number of carbonyl (C=O) groups is 1. The molecule has 7 heteroatoms. The standard InChI is InChI=1S/C19H15N5O2/c1-26-19(25)13-6-2-3-7-14(13)22-18-17(15-8-4-5-9-21-15)23-16-12-20-10-11-24(16)18/h2-12,22H,1H3. The molecule has 3 heterocycles. The maximum atomic E-state index is 12.1. The molecular weight excluding hydrogens is 330 g/mol. The molecule has 3 aromatic heterocycles. The largest absolute Gasteiger partial charge is 0.465 e. The SMILES string of the molecule is COC(=O)c1ccccc1Nc1c(-c2ccccn2)nc2cnccn12.